The zero-order valence-electron chi connectivity index (χ0n) is 16.4. The first-order valence-corrected chi connectivity index (χ1v) is 10.5. The Morgan fingerprint density at radius 1 is 0.900 bits per heavy atom. The molecule has 4 nitrogen and oxygen atoms in total. The Bertz CT molecular complexity index is 983. The van der Waals surface area contributed by atoms with E-state index in [9.17, 15) is 5.11 Å². The smallest absolute Gasteiger partial charge is 0.163 e. The van der Waals surface area contributed by atoms with Gasteiger partial charge in [0.25, 0.3) is 0 Å². The number of methoxy groups -OCH3 is 1. The van der Waals surface area contributed by atoms with Gasteiger partial charge in [0.2, 0.25) is 0 Å². The van der Waals surface area contributed by atoms with E-state index in [2.05, 4.69) is 5.32 Å². The van der Waals surface area contributed by atoms with Gasteiger partial charge in [-0.05, 0) is 29.3 Å². The van der Waals surface area contributed by atoms with Crippen molar-refractivity contribution in [2.24, 2.45) is 0 Å². The van der Waals surface area contributed by atoms with Crippen LogP contribution < -0.4 is 14.8 Å². The fourth-order valence-electron chi connectivity index (χ4n) is 2.92. The number of halogens is 3. The lowest BCUT2D eigenvalue weighted by atomic mass is 10.1. The summed E-state index contributed by atoms with van der Waals surface area (Å²) in [5.41, 5.74) is 2.50. The molecule has 0 bridgehead atoms. The van der Waals surface area contributed by atoms with Crippen molar-refractivity contribution in [3.8, 4) is 11.5 Å². The third-order valence-corrected chi connectivity index (χ3v) is 5.51. The van der Waals surface area contributed by atoms with Crippen LogP contribution >= 0.6 is 34.8 Å². The molecule has 0 aliphatic rings. The predicted molar refractivity (Wildman–Crippen MR) is 122 cm³/mol. The highest BCUT2D eigenvalue weighted by atomic mass is 35.5. The van der Waals surface area contributed by atoms with Crippen molar-refractivity contribution in [3.05, 3.63) is 92.4 Å². The molecule has 0 heterocycles. The minimum atomic E-state index is -0.599. The maximum absolute atomic E-state index is 10.3. The van der Waals surface area contributed by atoms with E-state index >= 15 is 0 Å². The number of rotatable bonds is 9. The van der Waals surface area contributed by atoms with Crippen molar-refractivity contribution >= 4 is 34.8 Å². The van der Waals surface area contributed by atoms with Gasteiger partial charge >= 0.3 is 0 Å². The average Bonchev–Trinajstić information content (AvgIpc) is 2.75. The van der Waals surface area contributed by atoms with Crippen LogP contribution in [0.5, 0.6) is 11.5 Å². The molecule has 1 atom stereocenters. The van der Waals surface area contributed by atoms with E-state index in [0.717, 1.165) is 16.7 Å². The van der Waals surface area contributed by atoms with Crippen LogP contribution in [-0.4, -0.2) is 18.8 Å². The van der Waals surface area contributed by atoms with E-state index in [1.54, 1.807) is 25.3 Å². The molecule has 30 heavy (non-hydrogen) atoms. The Kier molecular flexibility index (Phi) is 8.25. The molecule has 0 amide bonds. The number of hydrogen-bond donors (Lipinski definition) is 2. The van der Waals surface area contributed by atoms with Gasteiger partial charge in [-0.2, -0.15) is 0 Å². The first-order valence-electron chi connectivity index (χ1n) is 9.34. The molecule has 0 spiro atoms. The van der Waals surface area contributed by atoms with Crippen LogP contribution in [0.3, 0.4) is 0 Å². The summed E-state index contributed by atoms with van der Waals surface area (Å²) in [6.07, 6.45) is -0.599. The van der Waals surface area contributed by atoms with Crippen LogP contribution in [0.25, 0.3) is 0 Å². The Morgan fingerprint density at radius 2 is 1.63 bits per heavy atom. The lowest BCUT2D eigenvalue weighted by Gasteiger charge is -2.16. The summed E-state index contributed by atoms with van der Waals surface area (Å²) in [5.74, 6) is 1.08. The zero-order valence-corrected chi connectivity index (χ0v) is 18.6. The Morgan fingerprint density at radius 3 is 2.33 bits per heavy atom. The van der Waals surface area contributed by atoms with Crippen LogP contribution in [0.1, 0.15) is 22.8 Å². The van der Waals surface area contributed by atoms with Crippen LogP contribution in [0.15, 0.2) is 60.7 Å². The first kappa shape index (κ1) is 22.7. The van der Waals surface area contributed by atoms with Crippen LogP contribution in [0, 0.1) is 0 Å². The van der Waals surface area contributed by atoms with E-state index < -0.39 is 6.10 Å². The molecule has 0 radical (unpaired) electrons. The minimum absolute atomic E-state index is 0.254. The number of aliphatic hydroxyl groups is 1. The van der Waals surface area contributed by atoms with E-state index in [-0.39, 0.29) is 6.61 Å². The van der Waals surface area contributed by atoms with Gasteiger partial charge in [-0.15, -0.1) is 0 Å². The Balaban J connectivity index is 1.63. The summed E-state index contributed by atoms with van der Waals surface area (Å²) in [7, 11) is 1.57. The molecule has 0 aliphatic carbocycles. The third kappa shape index (κ3) is 6.03. The van der Waals surface area contributed by atoms with Crippen molar-refractivity contribution in [2.75, 3.05) is 13.7 Å². The Labute approximate surface area is 191 Å². The molecule has 0 fully saturated rings. The quantitative estimate of drug-likeness (QED) is 0.402. The van der Waals surface area contributed by atoms with Crippen molar-refractivity contribution in [3.63, 3.8) is 0 Å². The minimum Gasteiger partial charge on any atom is -0.493 e. The molecule has 3 aromatic rings. The second kappa shape index (κ2) is 10.9. The lowest BCUT2D eigenvalue weighted by molar-refractivity contribution is 0.174. The highest BCUT2D eigenvalue weighted by Crippen LogP contribution is 2.34. The lowest BCUT2D eigenvalue weighted by Crippen LogP contribution is -2.21. The highest BCUT2D eigenvalue weighted by molar-refractivity contribution is 6.35. The van der Waals surface area contributed by atoms with Crippen molar-refractivity contribution in [2.45, 2.75) is 19.3 Å². The zero-order chi connectivity index (χ0) is 21.5. The van der Waals surface area contributed by atoms with Gasteiger partial charge in [0.1, 0.15) is 6.61 Å². The molecular formula is C23H22Cl3NO3. The van der Waals surface area contributed by atoms with Crippen molar-refractivity contribution in [1.82, 2.24) is 5.32 Å². The van der Waals surface area contributed by atoms with E-state index in [1.165, 1.54) is 0 Å². The van der Waals surface area contributed by atoms with E-state index in [1.807, 2.05) is 42.5 Å². The molecule has 7 heteroatoms. The summed E-state index contributed by atoms with van der Waals surface area (Å²) in [4.78, 5) is 0. The van der Waals surface area contributed by atoms with Gasteiger partial charge in [-0.1, -0.05) is 71.2 Å². The summed E-state index contributed by atoms with van der Waals surface area (Å²) in [6.45, 7) is 1.13. The number of nitrogens with one attached hydrogen (secondary N) is 1. The molecule has 158 valence electrons. The average molecular weight is 467 g/mol. The maximum Gasteiger partial charge on any atom is 0.163 e. The van der Waals surface area contributed by atoms with Gasteiger partial charge in [0, 0.05) is 39.8 Å². The number of aliphatic hydroxyl groups excluding tert-OH is 1. The van der Waals surface area contributed by atoms with E-state index in [4.69, 9.17) is 44.3 Å². The van der Waals surface area contributed by atoms with Crippen molar-refractivity contribution < 1.29 is 14.6 Å². The summed E-state index contributed by atoms with van der Waals surface area (Å²) in [6, 6.07) is 18.3. The first-order chi connectivity index (χ1) is 14.5. The fourth-order valence-corrected chi connectivity index (χ4v) is 3.60. The van der Waals surface area contributed by atoms with Crippen molar-refractivity contribution in [1.29, 1.82) is 0 Å². The Hall–Kier alpha value is -1.95. The van der Waals surface area contributed by atoms with Gasteiger partial charge in [-0.25, -0.2) is 0 Å². The summed E-state index contributed by atoms with van der Waals surface area (Å²) < 4.78 is 11.3. The molecule has 1 unspecified atom stereocenters. The topological polar surface area (TPSA) is 50.7 Å². The number of hydrogen-bond acceptors (Lipinski definition) is 4. The highest BCUT2D eigenvalue weighted by Gasteiger charge is 2.13. The monoisotopic (exact) mass is 465 g/mol. The number of ether oxygens (including phenoxy) is 2. The molecule has 2 N–H and O–H groups in total. The molecule has 0 saturated carbocycles. The number of benzene rings is 3. The molecule has 0 aromatic heterocycles. The summed E-state index contributed by atoms with van der Waals surface area (Å²) in [5, 5.41) is 15.1. The molecule has 0 aliphatic heterocycles. The second-order valence-corrected chi connectivity index (χ2v) is 7.93. The largest absolute Gasteiger partial charge is 0.493 e. The SMILES string of the molecule is COc1cc(CNCC(O)c2ccccc2)c(Cl)cc1OCc1ccc(Cl)cc1Cl. The van der Waals surface area contributed by atoms with E-state index in [0.29, 0.717) is 39.7 Å². The van der Waals surface area contributed by atoms with Crippen LogP contribution in [0.4, 0.5) is 0 Å². The fraction of sp³-hybridized carbons (Fsp3) is 0.217. The van der Waals surface area contributed by atoms with Crippen LogP contribution in [-0.2, 0) is 13.2 Å². The summed E-state index contributed by atoms with van der Waals surface area (Å²) >= 11 is 18.6. The standard InChI is InChI=1S/C23H22Cl3NO3/c1-29-22-9-17(12-27-13-21(28)15-5-3-2-4-6-15)20(26)11-23(22)30-14-16-7-8-18(24)10-19(16)25/h2-11,21,27-28H,12-14H2,1H3. The van der Waals surface area contributed by atoms with Gasteiger partial charge < -0.3 is 19.9 Å². The van der Waals surface area contributed by atoms with Gasteiger partial charge in [-0.3, -0.25) is 0 Å². The molecule has 3 rings (SSSR count). The maximum atomic E-state index is 10.3. The van der Waals surface area contributed by atoms with Gasteiger partial charge in [0.15, 0.2) is 11.5 Å². The normalized spacial score (nSPS) is 11.9. The van der Waals surface area contributed by atoms with Gasteiger partial charge in [0.05, 0.1) is 13.2 Å². The molecule has 3 aromatic carbocycles. The second-order valence-electron chi connectivity index (χ2n) is 6.68. The molecular weight excluding hydrogens is 445 g/mol. The predicted octanol–water partition coefficient (Wildman–Crippen LogP) is 6.06. The molecule has 0 saturated heterocycles. The third-order valence-electron chi connectivity index (χ3n) is 4.57. The van der Waals surface area contributed by atoms with Crippen LogP contribution in [0.2, 0.25) is 15.1 Å².